The Labute approximate surface area is 193 Å². The highest BCUT2D eigenvalue weighted by Gasteiger charge is 2.37. The van der Waals surface area contributed by atoms with Gasteiger partial charge in [-0.2, -0.15) is 0 Å². The maximum atomic E-state index is 12.4. The zero-order chi connectivity index (χ0) is 22.9. The lowest BCUT2D eigenvalue weighted by molar-refractivity contribution is -0.139. The number of aromatic nitrogens is 1. The molecular formula is C24H21N3O5S. The highest BCUT2D eigenvalue weighted by atomic mass is 32.1. The number of carboxylic acids is 1. The van der Waals surface area contributed by atoms with Crippen LogP contribution in [0.4, 0.5) is 9.93 Å². The second-order valence-corrected chi connectivity index (χ2v) is 8.97. The molecule has 1 atom stereocenters. The van der Waals surface area contributed by atoms with E-state index in [0.717, 1.165) is 46.4 Å². The van der Waals surface area contributed by atoms with Gasteiger partial charge < -0.3 is 15.2 Å². The van der Waals surface area contributed by atoms with Gasteiger partial charge in [0.25, 0.3) is 5.91 Å². The fourth-order valence-corrected chi connectivity index (χ4v) is 4.86. The summed E-state index contributed by atoms with van der Waals surface area (Å²) in [5.41, 5.74) is 4.57. The first-order valence-electron chi connectivity index (χ1n) is 10.6. The molecule has 0 spiro atoms. The van der Waals surface area contributed by atoms with Crippen LogP contribution in [0.5, 0.6) is 0 Å². The van der Waals surface area contributed by atoms with Crippen LogP contribution in [0.3, 0.4) is 0 Å². The van der Waals surface area contributed by atoms with Crippen molar-refractivity contribution in [2.45, 2.75) is 24.8 Å². The summed E-state index contributed by atoms with van der Waals surface area (Å²) in [6.45, 7) is 0.167. The van der Waals surface area contributed by atoms with E-state index in [0.29, 0.717) is 0 Å². The number of anilines is 1. The van der Waals surface area contributed by atoms with Crippen LogP contribution in [0.2, 0.25) is 0 Å². The molecule has 1 aromatic heterocycles. The molecule has 33 heavy (non-hydrogen) atoms. The van der Waals surface area contributed by atoms with E-state index in [1.807, 2.05) is 36.4 Å². The Bertz CT molecular complexity index is 1190. The number of hydrogen-bond acceptors (Lipinski definition) is 6. The lowest BCUT2D eigenvalue weighted by atomic mass is 9.98. The number of aliphatic carboxylic acids is 1. The summed E-state index contributed by atoms with van der Waals surface area (Å²) in [4.78, 5) is 40.2. The van der Waals surface area contributed by atoms with Crippen LogP contribution < -0.4 is 10.6 Å². The van der Waals surface area contributed by atoms with E-state index >= 15 is 0 Å². The van der Waals surface area contributed by atoms with Crippen LogP contribution >= 0.6 is 11.3 Å². The number of nitrogens with one attached hydrogen (secondary N) is 2. The molecule has 1 saturated carbocycles. The molecule has 2 amide bonds. The van der Waals surface area contributed by atoms with E-state index in [9.17, 15) is 19.5 Å². The lowest BCUT2D eigenvalue weighted by Crippen LogP contribution is -2.42. The highest BCUT2D eigenvalue weighted by molar-refractivity contribution is 7.14. The zero-order valence-electron chi connectivity index (χ0n) is 17.5. The Hall–Kier alpha value is -3.72. The molecule has 0 saturated heterocycles. The number of fused-ring (bicyclic) bond motifs is 3. The Morgan fingerprint density at radius 1 is 1.06 bits per heavy atom. The van der Waals surface area contributed by atoms with Crippen molar-refractivity contribution in [1.82, 2.24) is 10.3 Å². The summed E-state index contributed by atoms with van der Waals surface area (Å²) in [6, 6.07) is 15.2. The third-order valence-corrected chi connectivity index (χ3v) is 6.69. The highest BCUT2D eigenvalue weighted by Crippen LogP contribution is 2.44. The fourth-order valence-electron chi connectivity index (χ4n) is 4.18. The van der Waals surface area contributed by atoms with Crippen molar-refractivity contribution >= 4 is 34.4 Å². The molecular weight excluding hydrogens is 442 g/mol. The Kier molecular flexibility index (Phi) is 5.55. The third kappa shape index (κ3) is 4.31. The molecule has 1 unspecified atom stereocenters. The van der Waals surface area contributed by atoms with E-state index in [4.69, 9.17) is 4.74 Å². The number of hydrogen-bond donors (Lipinski definition) is 3. The maximum absolute atomic E-state index is 12.4. The van der Waals surface area contributed by atoms with E-state index < -0.39 is 24.0 Å². The molecule has 8 nitrogen and oxygen atoms in total. The predicted octanol–water partition coefficient (Wildman–Crippen LogP) is 4.10. The number of amides is 2. The largest absolute Gasteiger partial charge is 0.480 e. The molecule has 1 fully saturated rings. The van der Waals surface area contributed by atoms with Gasteiger partial charge in [-0.1, -0.05) is 48.5 Å². The summed E-state index contributed by atoms with van der Waals surface area (Å²) < 4.78 is 5.49. The minimum absolute atomic E-state index is 0.0384. The van der Waals surface area contributed by atoms with Crippen molar-refractivity contribution in [2.75, 3.05) is 11.9 Å². The van der Waals surface area contributed by atoms with Gasteiger partial charge >= 0.3 is 12.1 Å². The maximum Gasteiger partial charge on any atom is 0.413 e. The van der Waals surface area contributed by atoms with Crippen molar-refractivity contribution < 1.29 is 24.2 Å². The molecule has 0 aliphatic heterocycles. The van der Waals surface area contributed by atoms with Gasteiger partial charge in [-0.15, -0.1) is 11.3 Å². The zero-order valence-corrected chi connectivity index (χ0v) is 18.3. The monoisotopic (exact) mass is 463 g/mol. The van der Waals surface area contributed by atoms with Gasteiger partial charge in [0.2, 0.25) is 0 Å². The summed E-state index contributed by atoms with van der Waals surface area (Å²) in [7, 11) is 0. The summed E-state index contributed by atoms with van der Waals surface area (Å²) in [5.74, 6) is -1.73. The Morgan fingerprint density at radius 3 is 2.30 bits per heavy atom. The Morgan fingerprint density at radius 2 is 1.70 bits per heavy atom. The molecule has 0 bridgehead atoms. The molecule has 168 valence electrons. The molecule has 5 rings (SSSR count). The van der Waals surface area contributed by atoms with Crippen molar-refractivity contribution in [3.63, 3.8) is 0 Å². The first-order chi connectivity index (χ1) is 16.0. The molecule has 1 heterocycles. The average Bonchev–Trinajstić information content (AvgIpc) is 3.46. The number of benzene rings is 2. The van der Waals surface area contributed by atoms with Gasteiger partial charge in [0.15, 0.2) is 5.13 Å². The molecule has 2 aliphatic rings. The molecule has 3 N–H and O–H groups in total. The van der Waals surface area contributed by atoms with Crippen molar-refractivity contribution in [3.05, 3.63) is 70.7 Å². The van der Waals surface area contributed by atoms with Crippen LogP contribution in [0, 0.1) is 5.92 Å². The quantitative estimate of drug-likeness (QED) is 0.486. The predicted molar refractivity (Wildman–Crippen MR) is 122 cm³/mol. The smallest absolute Gasteiger partial charge is 0.413 e. The molecule has 9 heteroatoms. The third-order valence-electron chi connectivity index (χ3n) is 5.94. The number of carbonyl (C=O) groups excluding carboxylic acids is 2. The summed E-state index contributed by atoms with van der Waals surface area (Å²) >= 11 is 1.07. The summed E-state index contributed by atoms with van der Waals surface area (Å²) in [6.07, 6.45) is 0.894. The van der Waals surface area contributed by atoms with E-state index in [1.165, 1.54) is 5.38 Å². The molecule has 0 radical (unpaired) electrons. The van der Waals surface area contributed by atoms with Crippen molar-refractivity contribution in [3.8, 4) is 11.1 Å². The Balaban J connectivity index is 1.20. The van der Waals surface area contributed by atoms with Crippen LogP contribution in [0.25, 0.3) is 11.1 Å². The van der Waals surface area contributed by atoms with Crippen LogP contribution in [-0.4, -0.2) is 40.7 Å². The SMILES string of the molecule is O=C(Nc1nc(C(=O)NC(C(=O)O)C2CC2)cs1)OCC1c2ccccc2-c2ccccc21. The summed E-state index contributed by atoms with van der Waals surface area (Å²) in [5, 5.41) is 16.0. The molecule has 2 aliphatic carbocycles. The van der Waals surface area contributed by atoms with E-state index in [2.05, 4.69) is 27.8 Å². The number of thiazole rings is 1. The number of rotatable bonds is 7. The van der Waals surface area contributed by atoms with E-state index in [1.54, 1.807) is 0 Å². The minimum atomic E-state index is -1.06. The van der Waals surface area contributed by atoms with Gasteiger partial charge in [-0.25, -0.2) is 14.6 Å². The van der Waals surface area contributed by atoms with Gasteiger partial charge in [-0.05, 0) is 41.0 Å². The standard InChI is InChI=1S/C24H21N3O5S/c28-21(26-20(22(29)30)13-9-10-13)19-12-33-23(25-19)27-24(31)32-11-18-16-7-3-1-5-14(16)15-6-2-4-8-17(15)18/h1-8,12-13,18,20H,9-11H2,(H,26,28)(H,29,30)(H,25,27,31). The second-order valence-electron chi connectivity index (χ2n) is 8.12. The van der Waals surface area contributed by atoms with Crippen molar-refractivity contribution in [2.24, 2.45) is 5.92 Å². The van der Waals surface area contributed by atoms with Crippen LogP contribution in [0.15, 0.2) is 53.9 Å². The number of carbonyl (C=O) groups is 3. The molecule has 2 aromatic carbocycles. The number of nitrogens with zero attached hydrogens (tertiary/aromatic N) is 1. The van der Waals surface area contributed by atoms with Gasteiger partial charge in [-0.3, -0.25) is 10.1 Å². The van der Waals surface area contributed by atoms with Gasteiger partial charge in [0, 0.05) is 11.3 Å². The second kappa shape index (κ2) is 8.67. The molecule has 3 aromatic rings. The average molecular weight is 464 g/mol. The fraction of sp³-hybridized carbons (Fsp3) is 0.250. The van der Waals surface area contributed by atoms with E-state index in [-0.39, 0.29) is 29.3 Å². The van der Waals surface area contributed by atoms with Crippen LogP contribution in [0.1, 0.15) is 40.4 Å². The minimum Gasteiger partial charge on any atom is -0.480 e. The van der Waals surface area contributed by atoms with Crippen LogP contribution in [-0.2, 0) is 9.53 Å². The number of carboxylic acid groups (broad SMARTS) is 1. The normalized spacial score (nSPS) is 15.3. The van der Waals surface area contributed by atoms with Crippen molar-refractivity contribution in [1.29, 1.82) is 0 Å². The van der Waals surface area contributed by atoms with Gasteiger partial charge in [0.05, 0.1) is 0 Å². The first kappa shape index (κ1) is 21.1. The lowest BCUT2D eigenvalue weighted by Gasteiger charge is -2.14. The topological polar surface area (TPSA) is 118 Å². The number of ether oxygens (including phenoxy) is 1. The first-order valence-corrected chi connectivity index (χ1v) is 11.5. The van der Waals surface area contributed by atoms with Gasteiger partial charge in [0.1, 0.15) is 18.3 Å².